The van der Waals surface area contributed by atoms with Crippen LogP contribution in [0.2, 0.25) is 0 Å². The van der Waals surface area contributed by atoms with Crippen molar-refractivity contribution in [1.29, 1.82) is 0 Å². The summed E-state index contributed by atoms with van der Waals surface area (Å²) in [7, 11) is 0. The van der Waals surface area contributed by atoms with Crippen LogP contribution in [0.1, 0.15) is 38.7 Å². The molecule has 1 aromatic carbocycles. The second kappa shape index (κ2) is 9.22. The van der Waals surface area contributed by atoms with Crippen molar-refractivity contribution in [2.45, 2.75) is 51.8 Å². The average Bonchev–Trinajstić information content (AvgIpc) is 3.09. The van der Waals surface area contributed by atoms with Crippen LogP contribution in [0.3, 0.4) is 0 Å². The number of nitrogens with zero attached hydrogens (tertiary/aromatic N) is 1. The number of carboxylic acids is 1. The summed E-state index contributed by atoms with van der Waals surface area (Å²) in [5, 5.41) is 11.8. The van der Waals surface area contributed by atoms with Gasteiger partial charge in [0.25, 0.3) is 0 Å². The fraction of sp³-hybridized carbons (Fsp3) is 0.526. The van der Waals surface area contributed by atoms with E-state index in [0.29, 0.717) is 25.8 Å². The number of aliphatic carboxylic acids is 1. The summed E-state index contributed by atoms with van der Waals surface area (Å²) < 4.78 is 5.30. The number of hydrogen-bond acceptors (Lipinski definition) is 4. The number of nitrogens with one attached hydrogen (secondary N) is 1. The third-order valence-electron chi connectivity index (χ3n) is 4.32. The Morgan fingerprint density at radius 2 is 1.96 bits per heavy atom. The van der Waals surface area contributed by atoms with E-state index in [4.69, 9.17) is 4.74 Å². The summed E-state index contributed by atoms with van der Waals surface area (Å²) in [4.78, 5) is 37.6. The number of likely N-dealkylation sites (tertiary alicyclic amines) is 1. The predicted octanol–water partition coefficient (Wildman–Crippen LogP) is 2.40. The zero-order valence-corrected chi connectivity index (χ0v) is 15.2. The Morgan fingerprint density at radius 1 is 1.27 bits per heavy atom. The van der Waals surface area contributed by atoms with Gasteiger partial charge in [0.15, 0.2) is 0 Å². The Hall–Kier alpha value is -2.57. The van der Waals surface area contributed by atoms with Crippen molar-refractivity contribution >= 4 is 18.0 Å². The number of benzene rings is 1. The van der Waals surface area contributed by atoms with Crippen molar-refractivity contribution in [2.75, 3.05) is 6.54 Å². The molecule has 1 saturated heterocycles. The average molecular weight is 362 g/mol. The molecule has 1 aliphatic heterocycles. The quantitative estimate of drug-likeness (QED) is 0.776. The lowest BCUT2D eigenvalue weighted by Crippen LogP contribution is -2.51. The second-order valence-electron chi connectivity index (χ2n) is 6.92. The lowest BCUT2D eigenvalue weighted by atomic mass is 10.0. The number of carbonyl (C=O) groups excluding carboxylic acids is 2. The minimum Gasteiger partial charge on any atom is -0.480 e. The van der Waals surface area contributed by atoms with E-state index in [1.807, 2.05) is 44.2 Å². The lowest BCUT2D eigenvalue weighted by Gasteiger charge is -2.25. The smallest absolute Gasteiger partial charge is 0.410 e. The van der Waals surface area contributed by atoms with Gasteiger partial charge in [0.05, 0.1) is 0 Å². The largest absolute Gasteiger partial charge is 0.480 e. The van der Waals surface area contributed by atoms with Gasteiger partial charge in [-0.25, -0.2) is 9.59 Å². The van der Waals surface area contributed by atoms with Crippen LogP contribution in [0.4, 0.5) is 4.79 Å². The number of hydrogen-bond donors (Lipinski definition) is 2. The maximum absolute atomic E-state index is 12.5. The Labute approximate surface area is 153 Å². The molecule has 2 amide bonds. The Kier molecular flexibility index (Phi) is 7.00. The number of rotatable bonds is 7. The third kappa shape index (κ3) is 5.47. The van der Waals surface area contributed by atoms with Gasteiger partial charge in [-0.3, -0.25) is 9.69 Å². The topological polar surface area (TPSA) is 95.9 Å². The fourth-order valence-corrected chi connectivity index (χ4v) is 3.02. The zero-order chi connectivity index (χ0) is 19.1. The minimum atomic E-state index is -1.07. The molecule has 1 aliphatic rings. The second-order valence-corrected chi connectivity index (χ2v) is 6.92. The Bertz CT molecular complexity index is 632. The lowest BCUT2D eigenvalue weighted by molar-refractivity contribution is -0.142. The predicted molar refractivity (Wildman–Crippen MR) is 95.4 cm³/mol. The van der Waals surface area contributed by atoms with Crippen LogP contribution in [0.25, 0.3) is 0 Å². The van der Waals surface area contributed by atoms with E-state index in [2.05, 4.69) is 5.32 Å². The summed E-state index contributed by atoms with van der Waals surface area (Å²) >= 11 is 0. The summed E-state index contributed by atoms with van der Waals surface area (Å²) in [5.41, 5.74) is 0.865. The van der Waals surface area contributed by atoms with Crippen LogP contribution in [0.5, 0.6) is 0 Å². The van der Waals surface area contributed by atoms with Crippen LogP contribution in [0.15, 0.2) is 30.3 Å². The zero-order valence-electron chi connectivity index (χ0n) is 15.2. The highest BCUT2D eigenvalue weighted by atomic mass is 16.6. The van der Waals surface area contributed by atoms with Crippen LogP contribution in [-0.2, 0) is 20.9 Å². The first-order valence-corrected chi connectivity index (χ1v) is 8.89. The molecule has 0 aromatic heterocycles. The van der Waals surface area contributed by atoms with Gasteiger partial charge in [0, 0.05) is 6.54 Å². The normalized spacial score (nSPS) is 17.8. The summed E-state index contributed by atoms with van der Waals surface area (Å²) in [5.74, 6) is -1.37. The molecule has 0 spiro atoms. The summed E-state index contributed by atoms with van der Waals surface area (Å²) in [6.45, 7) is 4.35. The van der Waals surface area contributed by atoms with Crippen LogP contribution < -0.4 is 5.32 Å². The first-order chi connectivity index (χ1) is 12.4. The van der Waals surface area contributed by atoms with Gasteiger partial charge in [-0.15, -0.1) is 0 Å². The molecule has 1 unspecified atom stereocenters. The highest BCUT2D eigenvalue weighted by molar-refractivity contribution is 5.89. The SMILES string of the molecule is CC(C)C[C@H](NC(=O)C1CCCN1C(=O)OCc1ccccc1)C(=O)O. The molecule has 0 radical (unpaired) electrons. The molecule has 2 N–H and O–H groups in total. The van der Waals surface area contributed by atoms with E-state index in [0.717, 1.165) is 5.56 Å². The van der Waals surface area contributed by atoms with Gasteiger partial charge >= 0.3 is 12.1 Å². The molecule has 0 bridgehead atoms. The van der Waals surface area contributed by atoms with E-state index >= 15 is 0 Å². The third-order valence-corrected chi connectivity index (χ3v) is 4.32. The molecule has 2 atom stereocenters. The Morgan fingerprint density at radius 3 is 2.58 bits per heavy atom. The van der Waals surface area contributed by atoms with Crippen molar-refractivity contribution in [3.63, 3.8) is 0 Å². The fourth-order valence-electron chi connectivity index (χ4n) is 3.02. The van der Waals surface area contributed by atoms with Crippen LogP contribution in [0, 0.1) is 5.92 Å². The Balaban J connectivity index is 1.94. The van der Waals surface area contributed by atoms with Gasteiger partial charge in [-0.1, -0.05) is 44.2 Å². The molecule has 1 heterocycles. The summed E-state index contributed by atoms with van der Waals surface area (Å²) in [6.07, 6.45) is 0.967. The number of carboxylic acid groups (broad SMARTS) is 1. The molecule has 142 valence electrons. The maximum atomic E-state index is 12.5. The van der Waals surface area contributed by atoms with Crippen molar-refractivity contribution in [2.24, 2.45) is 5.92 Å². The number of carbonyl (C=O) groups is 3. The molecule has 1 aromatic rings. The van der Waals surface area contributed by atoms with Gasteiger partial charge in [-0.05, 0) is 30.7 Å². The van der Waals surface area contributed by atoms with Gasteiger partial charge in [-0.2, -0.15) is 0 Å². The number of ether oxygens (including phenoxy) is 1. The monoisotopic (exact) mass is 362 g/mol. The standard InChI is InChI=1S/C19H26N2O5/c1-13(2)11-15(18(23)24)20-17(22)16-9-6-10-21(16)19(25)26-12-14-7-4-3-5-8-14/h3-5,7-8,13,15-16H,6,9-12H2,1-2H3,(H,20,22)(H,23,24)/t15-,16?/m0/s1. The van der Waals surface area contributed by atoms with Gasteiger partial charge in [0.1, 0.15) is 18.7 Å². The highest BCUT2D eigenvalue weighted by Crippen LogP contribution is 2.19. The maximum Gasteiger partial charge on any atom is 0.410 e. The molecule has 0 aliphatic carbocycles. The van der Waals surface area contributed by atoms with E-state index in [1.54, 1.807) is 0 Å². The van der Waals surface area contributed by atoms with Crippen molar-refractivity contribution in [3.8, 4) is 0 Å². The first-order valence-electron chi connectivity index (χ1n) is 8.89. The van der Waals surface area contributed by atoms with Gasteiger partial charge in [0.2, 0.25) is 5.91 Å². The van der Waals surface area contributed by atoms with Crippen molar-refractivity contribution in [3.05, 3.63) is 35.9 Å². The van der Waals surface area contributed by atoms with E-state index in [-0.39, 0.29) is 12.5 Å². The molecule has 1 fully saturated rings. The van der Waals surface area contributed by atoms with E-state index in [1.165, 1.54) is 4.90 Å². The molecular weight excluding hydrogens is 336 g/mol. The van der Waals surface area contributed by atoms with Crippen molar-refractivity contribution < 1.29 is 24.2 Å². The molecular formula is C19H26N2O5. The van der Waals surface area contributed by atoms with Crippen molar-refractivity contribution in [1.82, 2.24) is 10.2 Å². The molecule has 0 saturated carbocycles. The number of amides is 2. The minimum absolute atomic E-state index is 0.131. The molecule has 7 nitrogen and oxygen atoms in total. The van der Waals surface area contributed by atoms with Crippen LogP contribution >= 0.6 is 0 Å². The first kappa shape index (κ1) is 19.8. The van der Waals surface area contributed by atoms with Gasteiger partial charge < -0.3 is 15.2 Å². The van der Waals surface area contributed by atoms with E-state index < -0.39 is 30.1 Å². The van der Waals surface area contributed by atoms with Crippen LogP contribution in [-0.4, -0.2) is 46.6 Å². The molecule has 26 heavy (non-hydrogen) atoms. The summed E-state index contributed by atoms with van der Waals surface area (Å²) in [6, 6.07) is 7.65. The molecule has 2 rings (SSSR count). The molecule has 7 heteroatoms. The highest BCUT2D eigenvalue weighted by Gasteiger charge is 2.36. The van der Waals surface area contributed by atoms with E-state index in [9.17, 15) is 19.5 Å².